The van der Waals surface area contributed by atoms with Crippen LogP contribution in [0.4, 0.5) is 0 Å². The van der Waals surface area contributed by atoms with E-state index in [1.54, 1.807) is 17.7 Å². The molecule has 1 aromatic carbocycles. The van der Waals surface area contributed by atoms with Crippen molar-refractivity contribution in [3.8, 4) is 5.75 Å². The second-order valence-electron chi connectivity index (χ2n) is 7.54. The number of amides is 1. The van der Waals surface area contributed by atoms with Gasteiger partial charge in [-0.25, -0.2) is 0 Å². The number of rotatable bonds is 4. The number of aromatic nitrogens is 1. The number of piperidine rings is 1. The van der Waals surface area contributed by atoms with Gasteiger partial charge in [-0.3, -0.25) is 9.59 Å². The van der Waals surface area contributed by atoms with E-state index in [0.29, 0.717) is 19.0 Å². The minimum absolute atomic E-state index is 0.0153. The molecular weight excluding hydrogens is 340 g/mol. The van der Waals surface area contributed by atoms with E-state index >= 15 is 0 Å². The van der Waals surface area contributed by atoms with E-state index < -0.39 is 6.10 Å². The molecule has 1 aliphatic heterocycles. The highest BCUT2D eigenvalue weighted by Gasteiger charge is 2.28. The maximum Gasteiger partial charge on any atom is 0.263 e. The van der Waals surface area contributed by atoms with Crippen LogP contribution in [0.1, 0.15) is 42.4 Å². The van der Waals surface area contributed by atoms with Gasteiger partial charge >= 0.3 is 0 Å². The van der Waals surface area contributed by atoms with E-state index in [0.717, 1.165) is 35.3 Å². The molecule has 1 aliphatic rings. The third-order valence-corrected chi connectivity index (χ3v) is 5.40. The summed E-state index contributed by atoms with van der Waals surface area (Å²) in [5.41, 5.74) is 3.24. The molecule has 0 radical (unpaired) electrons. The lowest BCUT2D eigenvalue weighted by Gasteiger charge is -2.33. The van der Waals surface area contributed by atoms with Gasteiger partial charge in [0.2, 0.25) is 0 Å². The third-order valence-electron chi connectivity index (χ3n) is 5.40. The quantitative estimate of drug-likeness (QED) is 0.833. The van der Waals surface area contributed by atoms with Gasteiger partial charge in [-0.1, -0.05) is 12.1 Å². The largest absolute Gasteiger partial charge is 0.481 e. The number of pyridine rings is 1. The van der Waals surface area contributed by atoms with Gasteiger partial charge in [-0.2, -0.15) is 0 Å². The lowest BCUT2D eigenvalue weighted by Crippen LogP contribution is -2.44. The Labute approximate surface area is 160 Å². The molecule has 5 nitrogen and oxygen atoms in total. The zero-order valence-electron chi connectivity index (χ0n) is 16.6. The number of hydrogen-bond acceptors (Lipinski definition) is 3. The van der Waals surface area contributed by atoms with Crippen molar-refractivity contribution in [1.82, 2.24) is 9.47 Å². The Kier molecular flexibility index (Phi) is 5.68. The second-order valence-corrected chi connectivity index (χ2v) is 7.54. The zero-order valence-corrected chi connectivity index (χ0v) is 16.6. The molecule has 2 aromatic rings. The van der Waals surface area contributed by atoms with Crippen molar-refractivity contribution in [1.29, 1.82) is 0 Å². The summed E-state index contributed by atoms with van der Waals surface area (Å²) >= 11 is 0. The van der Waals surface area contributed by atoms with Crippen LogP contribution in [0.3, 0.4) is 0 Å². The summed E-state index contributed by atoms with van der Waals surface area (Å²) in [6.07, 6.45) is 3.05. The molecule has 144 valence electrons. The van der Waals surface area contributed by atoms with Gasteiger partial charge in [-0.15, -0.1) is 0 Å². The van der Waals surface area contributed by atoms with Crippen molar-refractivity contribution in [3.05, 3.63) is 63.6 Å². The maximum atomic E-state index is 12.8. The first kappa shape index (κ1) is 19.2. The van der Waals surface area contributed by atoms with Gasteiger partial charge in [0.15, 0.2) is 6.10 Å². The van der Waals surface area contributed by atoms with Crippen LogP contribution in [0.15, 0.2) is 41.3 Å². The molecule has 0 saturated carbocycles. The summed E-state index contributed by atoms with van der Waals surface area (Å²) in [5, 5.41) is 0. The van der Waals surface area contributed by atoms with E-state index in [2.05, 4.69) is 0 Å². The molecule has 0 bridgehead atoms. The van der Waals surface area contributed by atoms with Crippen LogP contribution in [-0.4, -0.2) is 34.6 Å². The van der Waals surface area contributed by atoms with Crippen LogP contribution in [0.2, 0.25) is 0 Å². The normalized spacial score (nSPS) is 16.2. The predicted molar refractivity (Wildman–Crippen MR) is 106 cm³/mol. The molecule has 0 spiro atoms. The summed E-state index contributed by atoms with van der Waals surface area (Å²) in [7, 11) is 1.75. The first-order valence-electron chi connectivity index (χ1n) is 9.54. The number of hydrogen-bond donors (Lipinski definition) is 0. The fourth-order valence-corrected chi connectivity index (χ4v) is 3.58. The highest BCUT2D eigenvalue weighted by Crippen LogP contribution is 2.28. The molecular formula is C22H28N2O3. The van der Waals surface area contributed by atoms with E-state index in [4.69, 9.17) is 4.74 Å². The number of nitrogens with zero attached hydrogens (tertiary/aromatic N) is 2. The van der Waals surface area contributed by atoms with Crippen molar-refractivity contribution in [2.75, 3.05) is 13.1 Å². The molecule has 0 N–H and O–H groups in total. The molecule has 0 aliphatic carbocycles. The Morgan fingerprint density at radius 1 is 1.15 bits per heavy atom. The highest BCUT2D eigenvalue weighted by molar-refractivity contribution is 5.81. The smallest absolute Gasteiger partial charge is 0.263 e. The summed E-state index contributed by atoms with van der Waals surface area (Å²) in [4.78, 5) is 26.5. The molecule has 3 rings (SSSR count). The predicted octanol–water partition coefficient (Wildman–Crippen LogP) is 3.18. The molecule has 1 saturated heterocycles. The number of carbonyl (C=O) groups is 1. The highest BCUT2D eigenvalue weighted by atomic mass is 16.5. The van der Waals surface area contributed by atoms with Gasteiger partial charge in [0.25, 0.3) is 11.5 Å². The first-order valence-corrected chi connectivity index (χ1v) is 9.54. The minimum Gasteiger partial charge on any atom is -0.481 e. The van der Waals surface area contributed by atoms with E-state index in [9.17, 15) is 9.59 Å². The van der Waals surface area contributed by atoms with Gasteiger partial charge < -0.3 is 14.2 Å². The number of aryl methyl sites for hydroxylation is 3. The van der Waals surface area contributed by atoms with E-state index in [-0.39, 0.29) is 11.5 Å². The Balaban J connectivity index is 1.59. The van der Waals surface area contributed by atoms with Crippen LogP contribution in [0, 0.1) is 13.8 Å². The Bertz CT molecular complexity index is 879. The average molecular weight is 368 g/mol. The van der Waals surface area contributed by atoms with Gasteiger partial charge in [-0.05, 0) is 68.4 Å². The van der Waals surface area contributed by atoms with Crippen LogP contribution in [0.5, 0.6) is 5.75 Å². The molecule has 1 aromatic heterocycles. The van der Waals surface area contributed by atoms with E-state index in [1.165, 1.54) is 0 Å². The summed E-state index contributed by atoms with van der Waals surface area (Å²) in [6, 6.07) is 9.75. The number of ether oxygens (including phenoxy) is 1. The lowest BCUT2D eigenvalue weighted by molar-refractivity contribution is -0.139. The maximum absolute atomic E-state index is 12.8. The monoisotopic (exact) mass is 368 g/mol. The number of carbonyl (C=O) groups excluding carboxylic acids is 1. The van der Waals surface area contributed by atoms with Crippen molar-refractivity contribution < 1.29 is 9.53 Å². The van der Waals surface area contributed by atoms with Crippen LogP contribution in [-0.2, 0) is 11.8 Å². The lowest BCUT2D eigenvalue weighted by atomic mass is 9.90. The van der Waals surface area contributed by atoms with Gasteiger partial charge in [0, 0.05) is 32.4 Å². The first-order chi connectivity index (χ1) is 12.8. The van der Waals surface area contributed by atoms with Crippen molar-refractivity contribution >= 4 is 5.91 Å². The SMILES string of the molecule is Cc1ccc(C)c(OC(C)C(=O)N2CCC(c3ccn(C)c(=O)c3)CC2)c1. The molecule has 1 fully saturated rings. The number of benzene rings is 1. The third kappa shape index (κ3) is 4.41. The molecule has 1 unspecified atom stereocenters. The Morgan fingerprint density at radius 2 is 1.85 bits per heavy atom. The Morgan fingerprint density at radius 3 is 2.52 bits per heavy atom. The molecule has 2 heterocycles. The fraction of sp³-hybridized carbons (Fsp3) is 0.455. The minimum atomic E-state index is -0.508. The zero-order chi connectivity index (χ0) is 19.6. The van der Waals surface area contributed by atoms with Gasteiger partial charge in [0.1, 0.15) is 5.75 Å². The van der Waals surface area contributed by atoms with Gasteiger partial charge in [0.05, 0.1) is 0 Å². The molecule has 1 atom stereocenters. The Hall–Kier alpha value is -2.56. The summed E-state index contributed by atoms with van der Waals surface area (Å²) in [6.45, 7) is 7.21. The van der Waals surface area contributed by atoms with Crippen molar-refractivity contribution in [3.63, 3.8) is 0 Å². The van der Waals surface area contributed by atoms with Crippen LogP contribution in [0.25, 0.3) is 0 Å². The second kappa shape index (κ2) is 7.99. The average Bonchev–Trinajstić information content (AvgIpc) is 2.66. The standard InChI is InChI=1S/C22H28N2O3/c1-15-5-6-16(2)20(13-15)27-17(3)22(26)24-11-8-18(9-12-24)19-7-10-23(4)21(25)14-19/h5-7,10,13-14,17-18H,8-9,11-12H2,1-4H3. The van der Waals surface area contributed by atoms with Crippen LogP contribution < -0.4 is 10.3 Å². The number of likely N-dealkylation sites (tertiary alicyclic amines) is 1. The topological polar surface area (TPSA) is 51.5 Å². The molecule has 1 amide bonds. The molecule has 27 heavy (non-hydrogen) atoms. The summed E-state index contributed by atoms with van der Waals surface area (Å²) in [5.74, 6) is 1.13. The fourth-order valence-electron chi connectivity index (χ4n) is 3.58. The molecule has 5 heteroatoms. The van der Waals surface area contributed by atoms with Crippen molar-refractivity contribution in [2.45, 2.75) is 45.6 Å². The van der Waals surface area contributed by atoms with Crippen molar-refractivity contribution in [2.24, 2.45) is 7.05 Å². The van der Waals surface area contributed by atoms with Crippen LogP contribution >= 0.6 is 0 Å². The van der Waals surface area contributed by atoms with E-state index in [1.807, 2.05) is 56.1 Å². The summed E-state index contributed by atoms with van der Waals surface area (Å²) < 4.78 is 7.52.